The van der Waals surface area contributed by atoms with Gasteiger partial charge in [0.25, 0.3) is 0 Å². The summed E-state index contributed by atoms with van der Waals surface area (Å²) in [5.74, 6) is -6.67. The van der Waals surface area contributed by atoms with Crippen molar-refractivity contribution in [2.45, 2.75) is 26.2 Å². The Hall–Kier alpha value is -1.10. The molecule has 0 aliphatic carbocycles. The highest BCUT2D eigenvalue weighted by molar-refractivity contribution is 6.34. The fourth-order valence-corrected chi connectivity index (χ4v) is 1.54. The van der Waals surface area contributed by atoms with E-state index in [-0.39, 0.29) is 5.02 Å². The zero-order valence-corrected chi connectivity index (χ0v) is 9.79. The van der Waals surface area contributed by atoms with Gasteiger partial charge >= 0.3 is 12.3 Å². The first-order chi connectivity index (χ1) is 7.67. The number of halogens is 5. The third-order valence-electron chi connectivity index (χ3n) is 2.40. The van der Waals surface area contributed by atoms with E-state index in [1.807, 2.05) is 0 Å². The van der Waals surface area contributed by atoms with Crippen molar-refractivity contribution in [3.05, 3.63) is 33.8 Å². The quantitative estimate of drug-likeness (QED) is 0.597. The van der Waals surface area contributed by atoms with Gasteiger partial charge in [0.15, 0.2) is 0 Å². The van der Waals surface area contributed by atoms with Gasteiger partial charge in [0, 0.05) is 5.56 Å². The van der Waals surface area contributed by atoms with Crippen LogP contribution in [0.5, 0.6) is 0 Å². The van der Waals surface area contributed by atoms with Gasteiger partial charge in [0.05, 0.1) is 5.02 Å². The summed E-state index contributed by atoms with van der Waals surface area (Å²) in [6.07, 6.45) is -4.05. The third kappa shape index (κ3) is 2.60. The first-order valence-corrected chi connectivity index (χ1v) is 5.03. The summed E-state index contributed by atoms with van der Waals surface area (Å²) in [4.78, 5) is 11.3. The van der Waals surface area contributed by atoms with E-state index in [1.54, 1.807) is 13.8 Å². The molecule has 0 spiro atoms. The van der Waals surface area contributed by atoms with E-state index >= 15 is 0 Å². The Bertz CT molecular complexity index is 457. The minimum absolute atomic E-state index is 0.251. The maximum atomic E-state index is 12.9. The van der Waals surface area contributed by atoms with Crippen molar-refractivity contribution in [3.63, 3.8) is 0 Å². The highest BCUT2D eigenvalue weighted by Crippen LogP contribution is 2.31. The van der Waals surface area contributed by atoms with Crippen molar-refractivity contribution >= 4 is 17.4 Å². The molecule has 0 N–H and O–H groups in total. The summed E-state index contributed by atoms with van der Waals surface area (Å²) in [6.45, 7) is 3.24. The molecule has 1 nitrogen and oxygen atoms in total. The van der Waals surface area contributed by atoms with Crippen LogP contribution in [0, 0.1) is 13.8 Å². The number of aryl methyl sites for hydroxylation is 2. The van der Waals surface area contributed by atoms with Crippen molar-refractivity contribution in [2.75, 3.05) is 0 Å². The number of carbonyl (C=O) groups excluding carboxylic acids is 1. The molecule has 17 heavy (non-hydrogen) atoms. The van der Waals surface area contributed by atoms with Gasteiger partial charge in [-0.15, -0.1) is 0 Å². The van der Waals surface area contributed by atoms with Crippen LogP contribution in [0.3, 0.4) is 0 Å². The Kier molecular flexibility index (Phi) is 3.81. The predicted molar refractivity (Wildman–Crippen MR) is 56.2 cm³/mol. The lowest BCUT2D eigenvalue weighted by Crippen LogP contribution is -2.36. The van der Waals surface area contributed by atoms with E-state index in [9.17, 15) is 22.4 Å². The Morgan fingerprint density at radius 2 is 1.71 bits per heavy atom. The largest absolute Gasteiger partial charge is 0.368 e. The van der Waals surface area contributed by atoms with Crippen molar-refractivity contribution < 1.29 is 22.4 Å². The lowest BCUT2D eigenvalue weighted by molar-refractivity contribution is -0.0958. The van der Waals surface area contributed by atoms with Crippen molar-refractivity contribution in [2.24, 2.45) is 0 Å². The number of carbonyl (C=O) groups is 1. The molecule has 0 atom stereocenters. The molecule has 0 fully saturated rings. The number of hydrogen-bond donors (Lipinski definition) is 0. The monoisotopic (exact) mass is 268 g/mol. The van der Waals surface area contributed by atoms with Gasteiger partial charge < -0.3 is 0 Å². The van der Waals surface area contributed by atoms with Crippen LogP contribution in [0.15, 0.2) is 12.1 Å². The van der Waals surface area contributed by atoms with Crippen LogP contribution < -0.4 is 0 Å². The molecule has 0 amide bonds. The Morgan fingerprint density at radius 3 is 2.18 bits per heavy atom. The molecule has 94 valence electrons. The maximum absolute atomic E-state index is 12.9. The fraction of sp³-hybridized carbons (Fsp3) is 0.364. The first-order valence-electron chi connectivity index (χ1n) is 4.65. The molecule has 1 rings (SSSR count). The minimum atomic E-state index is -4.72. The lowest BCUT2D eigenvalue weighted by atomic mass is 10.0. The van der Waals surface area contributed by atoms with Crippen LogP contribution in [0.25, 0.3) is 0 Å². The molecule has 0 aromatic heterocycles. The zero-order chi connectivity index (χ0) is 13.4. The van der Waals surface area contributed by atoms with E-state index in [4.69, 9.17) is 11.6 Å². The lowest BCUT2D eigenvalue weighted by Gasteiger charge is -2.15. The van der Waals surface area contributed by atoms with Gasteiger partial charge in [-0.05, 0) is 37.1 Å². The van der Waals surface area contributed by atoms with E-state index in [1.165, 1.54) is 6.07 Å². The molecular weight excluding hydrogens is 260 g/mol. The zero-order valence-electron chi connectivity index (χ0n) is 9.03. The van der Waals surface area contributed by atoms with Gasteiger partial charge in [-0.25, -0.2) is 8.78 Å². The van der Waals surface area contributed by atoms with Gasteiger partial charge in [-0.3, -0.25) is 4.79 Å². The second-order valence-electron chi connectivity index (χ2n) is 3.67. The van der Waals surface area contributed by atoms with E-state index in [2.05, 4.69) is 0 Å². The standard InChI is InChI=1S/C11H9ClF4O/c1-5-3-7(8(12)4-6(5)2)9(17)11(15,16)10(13)14/h3-4,10H,1-2H3. The second kappa shape index (κ2) is 4.64. The molecule has 6 heteroatoms. The predicted octanol–water partition coefficient (Wildman–Crippen LogP) is 4.04. The Labute approximate surface area is 100 Å². The van der Waals surface area contributed by atoms with Crippen molar-refractivity contribution in [1.82, 2.24) is 0 Å². The third-order valence-corrected chi connectivity index (χ3v) is 2.72. The molecule has 0 unspecified atom stereocenters. The average Bonchev–Trinajstić information content (AvgIpc) is 2.22. The highest BCUT2D eigenvalue weighted by atomic mass is 35.5. The van der Waals surface area contributed by atoms with Gasteiger partial charge in [-0.2, -0.15) is 8.78 Å². The maximum Gasteiger partial charge on any atom is 0.368 e. The number of alkyl halides is 4. The molecule has 0 heterocycles. The number of rotatable bonds is 3. The van der Waals surface area contributed by atoms with Gasteiger partial charge in [-0.1, -0.05) is 11.6 Å². The SMILES string of the molecule is Cc1cc(Cl)c(C(=O)C(F)(F)C(F)F)cc1C. The normalized spacial score (nSPS) is 12.0. The van der Waals surface area contributed by atoms with Crippen LogP contribution in [0.1, 0.15) is 21.5 Å². The molecule has 1 aromatic rings. The smallest absolute Gasteiger partial charge is 0.287 e. The van der Waals surface area contributed by atoms with E-state index in [0.29, 0.717) is 11.1 Å². The van der Waals surface area contributed by atoms with Crippen LogP contribution >= 0.6 is 11.6 Å². The highest BCUT2D eigenvalue weighted by Gasteiger charge is 2.49. The average molecular weight is 269 g/mol. The van der Waals surface area contributed by atoms with Crippen LogP contribution in [0.2, 0.25) is 5.02 Å². The molecule has 0 saturated carbocycles. The molecule has 0 aliphatic rings. The number of ketones is 1. The fourth-order valence-electron chi connectivity index (χ4n) is 1.23. The van der Waals surface area contributed by atoms with Gasteiger partial charge in [0.1, 0.15) is 0 Å². The Morgan fingerprint density at radius 1 is 1.24 bits per heavy atom. The summed E-state index contributed by atoms with van der Waals surface area (Å²) in [6, 6.07) is 2.39. The minimum Gasteiger partial charge on any atom is -0.287 e. The molecule has 0 radical (unpaired) electrons. The van der Waals surface area contributed by atoms with Crippen LogP contribution in [-0.4, -0.2) is 18.1 Å². The van der Waals surface area contributed by atoms with Crippen LogP contribution in [0.4, 0.5) is 17.6 Å². The summed E-state index contributed by atoms with van der Waals surface area (Å²) >= 11 is 5.61. The first kappa shape index (κ1) is 14.0. The van der Waals surface area contributed by atoms with Crippen molar-refractivity contribution in [3.8, 4) is 0 Å². The second-order valence-corrected chi connectivity index (χ2v) is 4.08. The Balaban J connectivity index is 3.27. The van der Waals surface area contributed by atoms with Gasteiger partial charge in [0.2, 0.25) is 5.78 Å². The number of benzene rings is 1. The molecule has 0 saturated heterocycles. The topological polar surface area (TPSA) is 17.1 Å². The molecular formula is C11H9ClF4O. The molecule has 0 bridgehead atoms. The number of hydrogen-bond acceptors (Lipinski definition) is 1. The van der Waals surface area contributed by atoms with E-state index in [0.717, 1.165) is 6.07 Å². The van der Waals surface area contributed by atoms with E-state index < -0.39 is 23.7 Å². The van der Waals surface area contributed by atoms with Crippen LogP contribution in [-0.2, 0) is 0 Å². The summed E-state index contributed by atoms with van der Waals surface area (Å²) in [5, 5.41) is -0.251. The summed E-state index contributed by atoms with van der Waals surface area (Å²) in [5.41, 5.74) is 0.634. The van der Waals surface area contributed by atoms with Crippen molar-refractivity contribution in [1.29, 1.82) is 0 Å². The summed E-state index contributed by atoms with van der Waals surface area (Å²) in [7, 11) is 0. The summed E-state index contributed by atoms with van der Waals surface area (Å²) < 4.78 is 49.9. The number of Topliss-reactive ketones (excluding diaryl/α,β-unsaturated/α-hetero) is 1. The molecule has 1 aromatic carbocycles. The molecule has 0 aliphatic heterocycles.